The van der Waals surface area contributed by atoms with E-state index in [0.29, 0.717) is 16.9 Å². The van der Waals surface area contributed by atoms with Crippen molar-refractivity contribution >= 4 is 33.3 Å². The highest BCUT2D eigenvalue weighted by Crippen LogP contribution is 2.29. The molecule has 0 aliphatic heterocycles. The zero-order chi connectivity index (χ0) is 16.4. The van der Waals surface area contributed by atoms with Gasteiger partial charge in [0.25, 0.3) is 5.22 Å². The van der Waals surface area contributed by atoms with E-state index in [0.717, 1.165) is 21.8 Å². The fourth-order valence-corrected chi connectivity index (χ4v) is 3.95. The number of fused-ring (bicyclic) bond motifs is 1. The van der Waals surface area contributed by atoms with Crippen LogP contribution in [0.3, 0.4) is 0 Å². The van der Waals surface area contributed by atoms with Gasteiger partial charge in [-0.1, -0.05) is 23.9 Å². The standard InChI is InChI=1S/C17H13N3O2S2/c1-21-12-8-6-11(7-9-12)16-19-20-17(22-16)23-10-15-18-13-4-2-3-5-14(13)24-15/h2-9H,10H2,1H3. The van der Waals surface area contributed by atoms with Crippen LogP contribution in [0.2, 0.25) is 0 Å². The molecule has 2 heterocycles. The Hall–Kier alpha value is -2.38. The maximum absolute atomic E-state index is 5.72. The lowest BCUT2D eigenvalue weighted by atomic mass is 10.2. The Morgan fingerprint density at radius 1 is 1.08 bits per heavy atom. The minimum absolute atomic E-state index is 0.504. The first-order chi connectivity index (χ1) is 11.8. The van der Waals surface area contributed by atoms with Gasteiger partial charge < -0.3 is 9.15 Å². The summed E-state index contributed by atoms with van der Waals surface area (Å²) < 4.78 is 12.1. The molecule has 0 radical (unpaired) electrons. The second-order valence-electron chi connectivity index (χ2n) is 4.97. The maximum Gasteiger partial charge on any atom is 0.277 e. The Bertz CT molecular complexity index is 930. The summed E-state index contributed by atoms with van der Waals surface area (Å²) >= 11 is 3.18. The van der Waals surface area contributed by atoms with Gasteiger partial charge in [-0.25, -0.2) is 4.98 Å². The van der Waals surface area contributed by atoms with Gasteiger partial charge >= 0.3 is 0 Å². The Kier molecular flexibility index (Phi) is 4.18. The third-order valence-corrected chi connectivity index (χ3v) is 5.45. The number of aromatic nitrogens is 3. The first kappa shape index (κ1) is 15.2. The maximum atomic E-state index is 5.72. The molecular weight excluding hydrogens is 342 g/mol. The Morgan fingerprint density at radius 3 is 2.71 bits per heavy atom. The van der Waals surface area contributed by atoms with Gasteiger partial charge in [0, 0.05) is 5.56 Å². The quantitative estimate of drug-likeness (QED) is 0.486. The van der Waals surface area contributed by atoms with E-state index in [1.165, 1.54) is 16.5 Å². The van der Waals surface area contributed by atoms with Crippen molar-refractivity contribution in [1.29, 1.82) is 0 Å². The first-order valence-electron chi connectivity index (χ1n) is 7.27. The zero-order valence-electron chi connectivity index (χ0n) is 12.8. The molecule has 0 N–H and O–H groups in total. The van der Waals surface area contributed by atoms with Crippen LogP contribution in [0.1, 0.15) is 5.01 Å². The minimum Gasteiger partial charge on any atom is -0.497 e. The predicted octanol–water partition coefficient (Wildman–Crippen LogP) is 4.65. The van der Waals surface area contributed by atoms with Gasteiger partial charge in [-0.2, -0.15) is 0 Å². The van der Waals surface area contributed by atoms with Crippen LogP contribution in [-0.2, 0) is 5.75 Å². The largest absolute Gasteiger partial charge is 0.497 e. The summed E-state index contributed by atoms with van der Waals surface area (Å²) in [6.07, 6.45) is 0. The average molecular weight is 355 g/mol. The van der Waals surface area contributed by atoms with Crippen molar-refractivity contribution in [2.24, 2.45) is 0 Å². The molecule has 0 aliphatic rings. The van der Waals surface area contributed by atoms with Crippen molar-refractivity contribution in [3.8, 4) is 17.2 Å². The molecule has 0 unspecified atom stereocenters. The van der Waals surface area contributed by atoms with Gasteiger partial charge in [-0.3, -0.25) is 0 Å². The molecule has 0 aliphatic carbocycles. The van der Waals surface area contributed by atoms with E-state index in [2.05, 4.69) is 21.2 Å². The lowest BCUT2D eigenvalue weighted by Crippen LogP contribution is -1.82. The molecule has 0 saturated carbocycles. The number of thiazole rings is 1. The van der Waals surface area contributed by atoms with E-state index >= 15 is 0 Å². The number of benzene rings is 2. The van der Waals surface area contributed by atoms with E-state index in [4.69, 9.17) is 9.15 Å². The summed E-state index contributed by atoms with van der Waals surface area (Å²) in [6.45, 7) is 0. The Morgan fingerprint density at radius 2 is 1.92 bits per heavy atom. The lowest BCUT2D eigenvalue weighted by molar-refractivity contribution is 0.414. The highest BCUT2D eigenvalue weighted by atomic mass is 32.2. The number of ether oxygens (including phenoxy) is 1. The van der Waals surface area contributed by atoms with Crippen LogP contribution < -0.4 is 4.74 Å². The van der Waals surface area contributed by atoms with E-state index in [1.807, 2.05) is 42.5 Å². The summed E-state index contributed by atoms with van der Waals surface area (Å²) in [5.41, 5.74) is 1.90. The van der Waals surface area contributed by atoms with Gasteiger partial charge in [0.05, 0.1) is 23.1 Å². The van der Waals surface area contributed by atoms with Crippen molar-refractivity contribution < 1.29 is 9.15 Å². The average Bonchev–Trinajstić information content (AvgIpc) is 3.26. The van der Waals surface area contributed by atoms with E-state index in [9.17, 15) is 0 Å². The summed E-state index contributed by atoms with van der Waals surface area (Å²) in [6, 6.07) is 15.7. The molecule has 2 aromatic heterocycles. The molecule has 0 bridgehead atoms. The molecular formula is C17H13N3O2S2. The summed E-state index contributed by atoms with van der Waals surface area (Å²) in [4.78, 5) is 4.61. The minimum atomic E-state index is 0.504. The normalized spacial score (nSPS) is 11.0. The predicted molar refractivity (Wildman–Crippen MR) is 95.5 cm³/mol. The summed E-state index contributed by atoms with van der Waals surface area (Å²) in [5, 5.41) is 9.79. The van der Waals surface area contributed by atoms with Gasteiger partial charge in [-0.05, 0) is 36.4 Å². The Labute approximate surface area is 146 Å². The molecule has 7 heteroatoms. The van der Waals surface area contributed by atoms with Crippen molar-refractivity contribution in [1.82, 2.24) is 15.2 Å². The van der Waals surface area contributed by atoms with Crippen molar-refractivity contribution in [2.45, 2.75) is 11.0 Å². The fraction of sp³-hybridized carbons (Fsp3) is 0.118. The molecule has 0 spiro atoms. The molecule has 4 aromatic rings. The number of thioether (sulfide) groups is 1. The highest BCUT2D eigenvalue weighted by Gasteiger charge is 2.11. The number of rotatable bonds is 5. The van der Waals surface area contributed by atoms with Crippen LogP contribution in [0.15, 0.2) is 58.2 Å². The number of methoxy groups -OCH3 is 1. The topological polar surface area (TPSA) is 61.0 Å². The van der Waals surface area contributed by atoms with Crippen LogP contribution in [-0.4, -0.2) is 22.3 Å². The van der Waals surface area contributed by atoms with Crippen LogP contribution in [0.4, 0.5) is 0 Å². The third-order valence-electron chi connectivity index (χ3n) is 3.40. The van der Waals surface area contributed by atoms with E-state index in [-0.39, 0.29) is 0 Å². The van der Waals surface area contributed by atoms with Crippen molar-refractivity contribution in [2.75, 3.05) is 7.11 Å². The van der Waals surface area contributed by atoms with Crippen molar-refractivity contribution in [3.63, 3.8) is 0 Å². The fourth-order valence-electron chi connectivity index (χ4n) is 2.22. The molecule has 0 amide bonds. The van der Waals surface area contributed by atoms with Crippen molar-refractivity contribution in [3.05, 3.63) is 53.5 Å². The van der Waals surface area contributed by atoms with Gasteiger partial charge in [0.15, 0.2) is 0 Å². The second kappa shape index (κ2) is 6.62. The number of hydrogen-bond donors (Lipinski definition) is 0. The molecule has 0 saturated heterocycles. The zero-order valence-corrected chi connectivity index (χ0v) is 14.4. The molecule has 5 nitrogen and oxygen atoms in total. The van der Waals surface area contributed by atoms with Gasteiger partial charge in [0.2, 0.25) is 5.89 Å². The molecule has 120 valence electrons. The molecule has 24 heavy (non-hydrogen) atoms. The van der Waals surface area contributed by atoms with Crippen LogP contribution in [0.25, 0.3) is 21.7 Å². The van der Waals surface area contributed by atoms with Crippen LogP contribution in [0, 0.1) is 0 Å². The smallest absolute Gasteiger partial charge is 0.277 e. The highest BCUT2D eigenvalue weighted by molar-refractivity contribution is 7.98. The number of para-hydroxylation sites is 1. The second-order valence-corrected chi connectivity index (χ2v) is 7.01. The van der Waals surface area contributed by atoms with Gasteiger partial charge in [0.1, 0.15) is 10.8 Å². The SMILES string of the molecule is COc1ccc(-c2nnc(SCc3nc4ccccc4s3)o2)cc1. The Balaban J connectivity index is 1.46. The molecule has 4 rings (SSSR count). The number of nitrogens with zero attached hydrogens (tertiary/aromatic N) is 3. The lowest BCUT2D eigenvalue weighted by Gasteiger charge is -1.99. The van der Waals surface area contributed by atoms with Crippen LogP contribution in [0.5, 0.6) is 5.75 Å². The van der Waals surface area contributed by atoms with E-state index in [1.54, 1.807) is 18.4 Å². The van der Waals surface area contributed by atoms with Gasteiger partial charge in [-0.15, -0.1) is 21.5 Å². The summed E-state index contributed by atoms with van der Waals surface area (Å²) in [5.74, 6) is 2.01. The molecule has 0 atom stereocenters. The van der Waals surface area contributed by atoms with E-state index < -0.39 is 0 Å². The first-order valence-corrected chi connectivity index (χ1v) is 9.07. The number of hydrogen-bond acceptors (Lipinski definition) is 7. The van der Waals surface area contributed by atoms with Crippen LogP contribution >= 0.6 is 23.1 Å². The third kappa shape index (κ3) is 3.13. The monoisotopic (exact) mass is 355 g/mol. The molecule has 0 fully saturated rings. The summed E-state index contributed by atoms with van der Waals surface area (Å²) in [7, 11) is 1.64. The molecule has 2 aromatic carbocycles.